The van der Waals surface area contributed by atoms with E-state index in [0.29, 0.717) is 6.04 Å². The monoisotopic (exact) mass is 268 g/mol. The van der Waals surface area contributed by atoms with Crippen LogP contribution < -0.4 is 11.3 Å². The van der Waals surface area contributed by atoms with Crippen LogP contribution in [0.2, 0.25) is 0 Å². The summed E-state index contributed by atoms with van der Waals surface area (Å²) in [7, 11) is 0. The molecule has 0 radical (unpaired) electrons. The Balaban J connectivity index is 1.88. The van der Waals surface area contributed by atoms with E-state index in [1.807, 2.05) is 0 Å². The van der Waals surface area contributed by atoms with Crippen LogP contribution in [-0.4, -0.2) is 6.04 Å². The van der Waals surface area contributed by atoms with Crippen molar-refractivity contribution in [3.8, 4) is 0 Å². The number of aryl methyl sites for hydroxylation is 3. The molecule has 2 aromatic carbocycles. The SMILES string of the molecule is Cc1ccc(CCC(Cc2ccc(C)cc2)NN)cc1. The lowest BCUT2D eigenvalue weighted by atomic mass is 9.98. The van der Waals surface area contributed by atoms with E-state index < -0.39 is 0 Å². The first-order valence-corrected chi connectivity index (χ1v) is 7.24. The number of hydrogen-bond donors (Lipinski definition) is 2. The highest BCUT2D eigenvalue weighted by atomic mass is 15.2. The predicted octanol–water partition coefficient (Wildman–Crippen LogP) is 3.31. The third-order valence-corrected chi connectivity index (χ3v) is 3.74. The Bertz CT molecular complexity index is 514. The van der Waals surface area contributed by atoms with Gasteiger partial charge in [0.25, 0.3) is 0 Å². The van der Waals surface area contributed by atoms with Gasteiger partial charge in [0.05, 0.1) is 0 Å². The zero-order valence-corrected chi connectivity index (χ0v) is 12.4. The fraction of sp³-hybridized carbons (Fsp3) is 0.333. The number of hydrogen-bond acceptors (Lipinski definition) is 2. The molecule has 0 spiro atoms. The van der Waals surface area contributed by atoms with Crippen LogP contribution in [0.15, 0.2) is 48.5 Å². The topological polar surface area (TPSA) is 38.0 Å². The second-order valence-corrected chi connectivity index (χ2v) is 5.58. The quantitative estimate of drug-likeness (QED) is 0.623. The molecule has 0 fully saturated rings. The zero-order chi connectivity index (χ0) is 14.4. The van der Waals surface area contributed by atoms with Crippen LogP contribution in [0.4, 0.5) is 0 Å². The lowest BCUT2D eigenvalue weighted by Gasteiger charge is -2.16. The molecule has 0 aliphatic carbocycles. The minimum absolute atomic E-state index is 0.319. The molecule has 106 valence electrons. The Morgan fingerprint density at radius 3 is 1.85 bits per heavy atom. The van der Waals surface area contributed by atoms with E-state index in [-0.39, 0.29) is 0 Å². The summed E-state index contributed by atoms with van der Waals surface area (Å²) in [6, 6.07) is 17.7. The lowest BCUT2D eigenvalue weighted by molar-refractivity contribution is 0.491. The highest BCUT2D eigenvalue weighted by Gasteiger charge is 2.08. The molecule has 0 amide bonds. The van der Waals surface area contributed by atoms with Gasteiger partial charge in [0.15, 0.2) is 0 Å². The van der Waals surface area contributed by atoms with Crippen molar-refractivity contribution in [2.75, 3.05) is 0 Å². The summed E-state index contributed by atoms with van der Waals surface area (Å²) in [5, 5.41) is 0. The van der Waals surface area contributed by atoms with Crippen molar-refractivity contribution in [1.29, 1.82) is 0 Å². The van der Waals surface area contributed by atoms with Crippen LogP contribution in [0.1, 0.15) is 28.7 Å². The number of benzene rings is 2. The fourth-order valence-corrected chi connectivity index (χ4v) is 2.35. The molecular weight excluding hydrogens is 244 g/mol. The van der Waals surface area contributed by atoms with Crippen molar-refractivity contribution < 1.29 is 0 Å². The van der Waals surface area contributed by atoms with Crippen molar-refractivity contribution in [3.63, 3.8) is 0 Å². The molecule has 2 heteroatoms. The van der Waals surface area contributed by atoms with E-state index in [0.717, 1.165) is 19.3 Å². The minimum Gasteiger partial charge on any atom is -0.271 e. The maximum Gasteiger partial charge on any atom is 0.0254 e. The van der Waals surface area contributed by atoms with Gasteiger partial charge in [-0.3, -0.25) is 11.3 Å². The van der Waals surface area contributed by atoms with Crippen molar-refractivity contribution in [2.24, 2.45) is 5.84 Å². The van der Waals surface area contributed by atoms with E-state index in [1.165, 1.54) is 22.3 Å². The molecule has 0 saturated heterocycles. The van der Waals surface area contributed by atoms with Gasteiger partial charge in [-0.25, -0.2) is 0 Å². The fourth-order valence-electron chi connectivity index (χ4n) is 2.35. The molecule has 3 N–H and O–H groups in total. The molecule has 2 rings (SSSR count). The van der Waals surface area contributed by atoms with Gasteiger partial charge in [-0.1, -0.05) is 59.7 Å². The first-order chi connectivity index (χ1) is 9.67. The van der Waals surface area contributed by atoms with Crippen molar-refractivity contribution in [2.45, 2.75) is 39.2 Å². The van der Waals surface area contributed by atoms with Crippen LogP contribution in [0.5, 0.6) is 0 Å². The third kappa shape index (κ3) is 4.48. The Morgan fingerprint density at radius 2 is 1.35 bits per heavy atom. The number of nitrogens with one attached hydrogen (secondary N) is 1. The van der Waals surface area contributed by atoms with Crippen molar-refractivity contribution >= 4 is 0 Å². The minimum atomic E-state index is 0.319. The average Bonchev–Trinajstić information content (AvgIpc) is 2.47. The molecule has 0 saturated carbocycles. The van der Waals surface area contributed by atoms with Gasteiger partial charge in [-0.05, 0) is 44.2 Å². The molecule has 0 aliphatic heterocycles. The number of rotatable bonds is 6. The molecule has 0 aromatic heterocycles. The summed E-state index contributed by atoms with van der Waals surface area (Å²) in [6.45, 7) is 4.23. The Labute approximate surface area is 122 Å². The summed E-state index contributed by atoms with van der Waals surface area (Å²) >= 11 is 0. The Hall–Kier alpha value is -1.64. The Kier molecular flexibility index (Phi) is 5.33. The van der Waals surface area contributed by atoms with Crippen LogP contribution in [-0.2, 0) is 12.8 Å². The zero-order valence-electron chi connectivity index (χ0n) is 12.4. The molecule has 0 heterocycles. The summed E-state index contributed by atoms with van der Waals surface area (Å²) in [6.07, 6.45) is 3.08. The average molecular weight is 268 g/mol. The van der Waals surface area contributed by atoms with Gasteiger partial charge in [0.2, 0.25) is 0 Å². The van der Waals surface area contributed by atoms with Gasteiger partial charge in [-0.2, -0.15) is 0 Å². The maximum absolute atomic E-state index is 5.69. The Morgan fingerprint density at radius 1 is 0.850 bits per heavy atom. The summed E-state index contributed by atoms with van der Waals surface area (Å²) in [5.74, 6) is 5.69. The predicted molar refractivity (Wildman–Crippen MR) is 85.5 cm³/mol. The summed E-state index contributed by atoms with van der Waals surface area (Å²) in [5.41, 5.74) is 8.26. The van der Waals surface area contributed by atoms with Gasteiger partial charge >= 0.3 is 0 Å². The number of hydrazine groups is 1. The maximum atomic E-state index is 5.69. The van der Waals surface area contributed by atoms with Gasteiger partial charge in [0, 0.05) is 6.04 Å². The first-order valence-electron chi connectivity index (χ1n) is 7.24. The first kappa shape index (κ1) is 14.8. The molecule has 1 unspecified atom stereocenters. The highest BCUT2D eigenvalue weighted by Crippen LogP contribution is 2.11. The van der Waals surface area contributed by atoms with E-state index >= 15 is 0 Å². The van der Waals surface area contributed by atoms with Crippen LogP contribution >= 0.6 is 0 Å². The molecule has 0 bridgehead atoms. The molecular formula is C18H24N2. The van der Waals surface area contributed by atoms with E-state index in [4.69, 9.17) is 5.84 Å². The van der Waals surface area contributed by atoms with Gasteiger partial charge < -0.3 is 0 Å². The summed E-state index contributed by atoms with van der Waals surface area (Å²) in [4.78, 5) is 0. The second-order valence-electron chi connectivity index (χ2n) is 5.58. The third-order valence-electron chi connectivity index (χ3n) is 3.74. The standard InChI is InChI=1S/C18H24N2/c1-14-3-7-16(8-4-14)11-12-18(20-19)13-17-9-5-15(2)6-10-17/h3-10,18,20H,11-13,19H2,1-2H3. The van der Waals surface area contributed by atoms with Crippen LogP contribution in [0.3, 0.4) is 0 Å². The lowest BCUT2D eigenvalue weighted by Crippen LogP contribution is -2.37. The molecule has 2 aromatic rings. The second kappa shape index (κ2) is 7.22. The van der Waals surface area contributed by atoms with E-state index in [2.05, 4.69) is 67.8 Å². The molecule has 20 heavy (non-hydrogen) atoms. The van der Waals surface area contributed by atoms with E-state index in [1.54, 1.807) is 0 Å². The largest absolute Gasteiger partial charge is 0.271 e. The van der Waals surface area contributed by atoms with E-state index in [9.17, 15) is 0 Å². The van der Waals surface area contributed by atoms with Crippen LogP contribution in [0.25, 0.3) is 0 Å². The number of nitrogens with two attached hydrogens (primary N) is 1. The normalized spacial score (nSPS) is 12.3. The smallest absolute Gasteiger partial charge is 0.0254 e. The molecule has 1 atom stereocenters. The van der Waals surface area contributed by atoms with Gasteiger partial charge in [-0.15, -0.1) is 0 Å². The molecule has 2 nitrogen and oxygen atoms in total. The molecule has 0 aliphatic rings. The van der Waals surface area contributed by atoms with Crippen LogP contribution in [0, 0.1) is 13.8 Å². The summed E-state index contributed by atoms with van der Waals surface area (Å²) < 4.78 is 0. The van der Waals surface area contributed by atoms with Crippen molar-refractivity contribution in [3.05, 3.63) is 70.8 Å². The van der Waals surface area contributed by atoms with Gasteiger partial charge in [0.1, 0.15) is 0 Å². The highest BCUT2D eigenvalue weighted by molar-refractivity contribution is 5.23. The van der Waals surface area contributed by atoms with Crippen molar-refractivity contribution in [1.82, 2.24) is 5.43 Å².